The number of aromatic nitrogens is 4. The number of carbonyl (C=O) groups is 1. The number of aryl methyl sites for hydroxylation is 1. The maximum absolute atomic E-state index is 12.1. The molecule has 0 bridgehead atoms. The number of hydrogen-bond acceptors (Lipinski definition) is 5. The van der Waals surface area contributed by atoms with Crippen LogP contribution in [0.2, 0.25) is 0 Å². The van der Waals surface area contributed by atoms with E-state index in [9.17, 15) is 4.79 Å². The highest BCUT2D eigenvalue weighted by Gasteiger charge is 2.20. The average Bonchev–Trinajstić information content (AvgIpc) is 2.98. The van der Waals surface area contributed by atoms with Crippen molar-refractivity contribution < 1.29 is 4.79 Å². The summed E-state index contributed by atoms with van der Waals surface area (Å²) in [5.74, 6) is 1.91. The zero-order chi connectivity index (χ0) is 17.6. The third kappa shape index (κ3) is 4.35. The average molecular weight is 342 g/mol. The van der Waals surface area contributed by atoms with Gasteiger partial charge in [-0.05, 0) is 26.7 Å². The minimum absolute atomic E-state index is 0.189. The number of hydrogen-bond donors (Lipinski definition) is 2. The Bertz CT molecular complexity index is 720. The monoisotopic (exact) mass is 342 g/mol. The van der Waals surface area contributed by atoms with Crippen molar-refractivity contribution in [3.8, 4) is 5.82 Å². The summed E-state index contributed by atoms with van der Waals surface area (Å²) in [5, 5.41) is 6.26. The van der Waals surface area contributed by atoms with E-state index in [1.807, 2.05) is 24.5 Å². The van der Waals surface area contributed by atoms with Gasteiger partial charge in [0.15, 0.2) is 0 Å². The summed E-state index contributed by atoms with van der Waals surface area (Å²) in [4.78, 5) is 25.0. The third-order valence-electron chi connectivity index (χ3n) is 4.86. The maximum atomic E-state index is 12.1. The molecule has 1 aliphatic rings. The van der Waals surface area contributed by atoms with Gasteiger partial charge in [0.05, 0.1) is 5.69 Å². The predicted octanol–water partition coefficient (Wildman–Crippen LogP) is 2.39. The number of rotatable bonds is 6. The van der Waals surface area contributed by atoms with Gasteiger partial charge in [-0.2, -0.15) is 0 Å². The van der Waals surface area contributed by atoms with E-state index in [2.05, 4.69) is 25.6 Å². The molecule has 2 N–H and O–H groups in total. The molecule has 2 aromatic rings. The summed E-state index contributed by atoms with van der Waals surface area (Å²) in [7, 11) is 0. The highest BCUT2D eigenvalue weighted by atomic mass is 16.1. The Morgan fingerprint density at radius 2 is 1.96 bits per heavy atom. The molecule has 0 radical (unpaired) electrons. The number of nitrogens with zero attached hydrogens (tertiary/aromatic N) is 4. The van der Waals surface area contributed by atoms with Crippen LogP contribution in [0, 0.1) is 19.8 Å². The van der Waals surface area contributed by atoms with Crippen LogP contribution in [0.15, 0.2) is 18.7 Å². The highest BCUT2D eigenvalue weighted by molar-refractivity contribution is 5.78. The lowest BCUT2D eigenvalue weighted by Crippen LogP contribution is -2.35. The van der Waals surface area contributed by atoms with Crippen molar-refractivity contribution in [3.05, 3.63) is 30.1 Å². The fourth-order valence-electron chi connectivity index (χ4n) is 3.19. The van der Waals surface area contributed by atoms with E-state index < -0.39 is 0 Å². The van der Waals surface area contributed by atoms with E-state index >= 15 is 0 Å². The summed E-state index contributed by atoms with van der Waals surface area (Å²) in [6.45, 7) is 5.22. The van der Waals surface area contributed by atoms with Crippen molar-refractivity contribution in [2.75, 3.05) is 18.4 Å². The molecule has 0 saturated heterocycles. The van der Waals surface area contributed by atoms with Crippen LogP contribution in [-0.2, 0) is 4.79 Å². The Hall–Kier alpha value is -2.44. The molecule has 25 heavy (non-hydrogen) atoms. The summed E-state index contributed by atoms with van der Waals surface area (Å²) in [5.41, 5.74) is 2.04. The summed E-state index contributed by atoms with van der Waals surface area (Å²) in [6.07, 6.45) is 8.96. The van der Waals surface area contributed by atoms with Crippen molar-refractivity contribution in [1.82, 2.24) is 24.8 Å². The standard InChI is InChI=1S/C18H26N6O/c1-13-14(2)24(12-23-13)17-10-16(21-11-22-17)19-8-9-20-18(25)15-6-4-3-5-7-15/h10-12,15H,3-9H2,1-2H3,(H,20,25)(H,19,21,22). The molecule has 3 rings (SSSR count). The van der Waals surface area contributed by atoms with Gasteiger partial charge in [-0.3, -0.25) is 9.36 Å². The second kappa shape index (κ2) is 8.09. The fraction of sp³-hybridized carbons (Fsp3) is 0.556. The van der Waals surface area contributed by atoms with Crippen LogP contribution in [0.4, 0.5) is 5.82 Å². The highest BCUT2D eigenvalue weighted by Crippen LogP contribution is 2.23. The van der Waals surface area contributed by atoms with Gasteiger partial charge in [-0.15, -0.1) is 0 Å². The minimum Gasteiger partial charge on any atom is -0.368 e. The van der Waals surface area contributed by atoms with Gasteiger partial charge >= 0.3 is 0 Å². The molecule has 1 aliphatic carbocycles. The summed E-state index contributed by atoms with van der Waals surface area (Å²) >= 11 is 0. The molecule has 0 unspecified atom stereocenters. The van der Waals surface area contributed by atoms with E-state index in [1.54, 1.807) is 6.33 Å². The van der Waals surface area contributed by atoms with Gasteiger partial charge in [0, 0.05) is 30.8 Å². The molecule has 2 heterocycles. The predicted molar refractivity (Wildman–Crippen MR) is 96.7 cm³/mol. The topological polar surface area (TPSA) is 84.7 Å². The van der Waals surface area contributed by atoms with Gasteiger partial charge in [0.25, 0.3) is 0 Å². The maximum Gasteiger partial charge on any atom is 0.223 e. The Labute approximate surface area is 148 Å². The third-order valence-corrected chi connectivity index (χ3v) is 4.86. The molecular weight excluding hydrogens is 316 g/mol. The van der Waals surface area contributed by atoms with Gasteiger partial charge in [-0.25, -0.2) is 15.0 Å². The van der Waals surface area contributed by atoms with Crippen LogP contribution >= 0.6 is 0 Å². The second-order valence-corrected chi connectivity index (χ2v) is 6.60. The number of anilines is 1. The molecule has 134 valence electrons. The van der Waals surface area contributed by atoms with E-state index in [0.717, 1.165) is 35.9 Å². The molecule has 1 amide bonds. The first-order valence-electron chi connectivity index (χ1n) is 8.99. The van der Waals surface area contributed by atoms with Gasteiger partial charge < -0.3 is 10.6 Å². The van der Waals surface area contributed by atoms with Crippen molar-refractivity contribution >= 4 is 11.7 Å². The smallest absolute Gasteiger partial charge is 0.223 e. The Morgan fingerprint density at radius 1 is 1.16 bits per heavy atom. The van der Waals surface area contributed by atoms with Crippen LogP contribution in [0.1, 0.15) is 43.5 Å². The van der Waals surface area contributed by atoms with E-state index in [1.165, 1.54) is 25.6 Å². The lowest BCUT2D eigenvalue weighted by molar-refractivity contribution is -0.125. The summed E-state index contributed by atoms with van der Waals surface area (Å²) in [6, 6.07) is 1.89. The van der Waals surface area contributed by atoms with Crippen LogP contribution in [0.5, 0.6) is 0 Å². The molecule has 0 atom stereocenters. The van der Waals surface area contributed by atoms with Gasteiger partial charge in [-0.1, -0.05) is 19.3 Å². The minimum atomic E-state index is 0.189. The van der Waals surface area contributed by atoms with Crippen LogP contribution in [-0.4, -0.2) is 38.5 Å². The Morgan fingerprint density at radius 3 is 2.68 bits per heavy atom. The first kappa shape index (κ1) is 17.4. The molecular formula is C18H26N6O. The van der Waals surface area contributed by atoms with Crippen LogP contribution in [0.3, 0.4) is 0 Å². The lowest BCUT2D eigenvalue weighted by Gasteiger charge is -2.20. The van der Waals surface area contributed by atoms with E-state index in [0.29, 0.717) is 13.1 Å². The number of amides is 1. The Kier molecular flexibility index (Phi) is 5.63. The quantitative estimate of drug-likeness (QED) is 0.788. The first-order valence-corrected chi connectivity index (χ1v) is 8.99. The number of carbonyl (C=O) groups excluding carboxylic acids is 1. The van der Waals surface area contributed by atoms with Crippen molar-refractivity contribution in [2.45, 2.75) is 46.0 Å². The van der Waals surface area contributed by atoms with Gasteiger partial charge in [0.1, 0.15) is 24.3 Å². The molecule has 0 aromatic carbocycles. The summed E-state index contributed by atoms with van der Waals surface area (Å²) < 4.78 is 1.94. The molecule has 2 aromatic heterocycles. The van der Waals surface area contributed by atoms with Gasteiger partial charge in [0.2, 0.25) is 5.91 Å². The molecule has 1 fully saturated rings. The molecule has 0 spiro atoms. The normalized spacial score (nSPS) is 15.1. The van der Waals surface area contributed by atoms with E-state index in [4.69, 9.17) is 0 Å². The van der Waals surface area contributed by atoms with Crippen molar-refractivity contribution in [3.63, 3.8) is 0 Å². The lowest BCUT2D eigenvalue weighted by atomic mass is 9.89. The molecule has 1 saturated carbocycles. The number of imidazole rings is 1. The zero-order valence-corrected chi connectivity index (χ0v) is 15.0. The largest absolute Gasteiger partial charge is 0.368 e. The van der Waals surface area contributed by atoms with Crippen molar-refractivity contribution in [1.29, 1.82) is 0 Å². The van der Waals surface area contributed by atoms with Crippen LogP contribution in [0.25, 0.3) is 5.82 Å². The first-order chi connectivity index (χ1) is 12.1. The number of nitrogens with one attached hydrogen (secondary N) is 2. The molecule has 7 heteroatoms. The second-order valence-electron chi connectivity index (χ2n) is 6.60. The Balaban J connectivity index is 1.49. The molecule has 0 aliphatic heterocycles. The van der Waals surface area contributed by atoms with Crippen molar-refractivity contribution in [2.24, 2.45) is 5.92 Å². The van der Waals surface area contributed by atoms with E-state index in [-0.39, 0.29) is 11.8 Å². The zero-order valence-electron chi connectivity index (χ0n) is 15.0. The van der Waals surface area contributed by atoms with Crippen LogP contribution < -0.4 is 10.6 Å². The molecule has 7 nitrogen and oxygen atoms in total. The SMILES string of the molecule is Cc1ncn(-c2cc(NCCNC(=O)C3CCCCC3)ncn2)c1C. The fourth-order valence-corrected chi connectivity index (χ4v) is 3.19.